The fraction of sp³-hybridized carbons (Fsp3) is 0.316. The van der Waals surface area contributed by atoms with Crippen LogP contribution in [0.4, 0.5) is 26.3 Å². The zero-order chi connectivity index (χ0) is 20.9. The molecule has 2 aromatic carbocycles. The number of halogens is 6. The van der Waals surface area contributed by atoms with Crippen LogP contribution in [-0.4, -0.2) is 12.6 Å². The molecule has 0 saturated carbocycles. The summed E-state index contributed by atoms with van der Waals surface area (Å²) in [5.74, 6) is -0.601. The first kappa shape index (κ1) is 21.6. The fourth-order valence-electron chi connectivity index (χ4n) is 2.27. The lowest BCUT2D eigenvalue weighted by atomic mass is 10.1. The Bertz CT molecular complexity index is 797. The van der Waals surface area contributed by atoms with E-state index >= 15 is 0 Å². The summed E-state index contributed by atoms with van der Waals surface area (Å²) >= 11 is 0. The number of hydrogen-bond donors (Lipinski definition) is 0. The van der Waals surface area contributed by atoms with Gasteiger partial charge in [-0.3, -0.25) is 4.79 Å². The molecule has 1 atom stereocenters. The Balaban J connectivity index is 2.28. The van der Waals surface area contributed by atoms with E-state index in [1.807, 2.05) is 0 Å². The Labute approximate surface area is 156 Å². The fourth-order valence-corrected chi connectivity index (χ4v) is 2.27. The minimum atomic E-state index is -4.59. The van der Waals surface area contributed by atoms with Gasteiger partial charge in [-0.25, -0.2) is 0 Å². The van der Waals surface area contributed by atoms with E-state index in [-0.39, 0.29) is 17.7 Å². The molecule has 9 heteroatoms. The third kappa shape index (κ3) is 5.90. The van der Waals surface area contributed by atoms with E-state index in [9.17, 15) is 31.1 Å². The molecule has 0 saturated heterocycles. The van der Waals surface area contributed by atoms with Gasteiger partial charge < -0.3 is 9.47 Å². The average molecular weight is 406 g/mol. The number of carbonyl (C=O) groups is 1. The predicted molar refractivity (Wildman–Crippen MR) is 87.5 cm³/mol. The summed E-state index contributed by atoms with van der Waals surface area (Å²) in [6.07, 6.45) is -10.2. The van der Waals surface area contributed by atoms with Crippen LogP contribution in [0, 0.1) is 0 Å². The van der Waals surface area contributed by atoms with Gasteiger partial charge in [-0.15, -0.1) is 0 Å². The Morgan fingerprint density at radius 1 is 0.929 bits per heavy atom. The molecular weight excluding hydrogens is 390 g/mol. The van der Waals surface area contributed by atoms with Gasteiger partial charge in [0.05, 0.1) is 11.1 Å². The predicted octanol–water partition coefficient (Wildman–Crippen LogP) is 5.80. The topological polar surface area (TPSA) is 35.5 Å². The molecule has 2 rings (SSSR count). The van der Waals surface area contributed by atoms with Crippen molar-refractivity contribution in [3.8, 4) is 5.75 Å². The molecule has 0 fully saturated rings. The van der Waals surface area contributed by atoms with Crippen LogP contribution in [0.5, 0.6) is 5.75 Å². The van der Waals surface area contributed by atoms with Crippen molar-refractivity contribution < 1.29 is 40.6 Å². The lowest BCUT2D eigenvalue weighted by Crippen LogP contribution is -2.18. The van der Waals surface area contributed by atoms with Gasteiger partial charge in [0.15, 0.2) is 6.10 Å². The van der Waals surface area contributed by atoms with Crippen molar-refractivity contribution in [3.05, 3.63) is 65.2 Å². The van der Waals surface area contributed by atoms with E-state index in [0.29, 0.717) is 0 Å². The summed E-state index contributed by atoms with van der Waals surface area (Å²) in [7, 11) is 0. The van der Waals surface area contributed by atoms with Gasteiger partial charge in [-0.2, -0.15) is 26.3 Å². The third-order valence-corrected chi connectivity index (χ3v) is 3.73. The molecular formula is C19H16F6O3. The summed E-state index contributed by atoms with van der Waals surface area (Å²) in [4.78, 5) is 11.4. The summed E-state index contributed by atoms with van der Waals surface area (Å²) in [5.41, 5.74) is -1.75. The van der Waals surface area contributed by atoms with Crippen LogP contribution in [-0.2, 0) is 21.9 Å². The van der Waals surface area contributed by atoms with Gasteiger partial charge in [0.1, 0.15) is 12.4 Å². The van der Waals surface area contributed by atoms with Crippen LogP contribution < -0.4 is 4.74 Å². The average Bonchev–Trinajstić information content (AvgIpc) is 2.64. The molecule has 0 aliphatic rings. The number of hydrogen-bond acceptors (Lipinski definition) is 3. The van der Waals surface area contributed by atoms with Crippen molar-refractivity contribution in [2.24, 2.45) is 0 Å². The van der Waals surface area contributed by atoms with E-state index in [2.05, 4.69) is 0 Å². The van der Waals surface area contributed by atoms with Crippen LogP contribution in [0.2, 0.25) is 0 Å². The number of benzene rings is 2. The molecule has 28 heavy (non-hydrogen) atoms. The molecule has 2 aromatic rings. The zero-order valence-electron chi connectivity index (χ0n) is 14.6. The van der Waals surface area contributed by atoms with E-state index in [1.165, 1.54) is 12.1 Å². The highest BCUT2D eigenvalue weighted by molar-refractivity contribution is 5.68. The highest BCUT2D eigenvalue weighted by Crippen LogP contribution is 2.33. The van der Waals surface area contributed by atoms with Crippen molar-refractivity contribution in [2.45, 2.75) is 31.8 Å². The first-order valence-corrected chi connectivity index (χ1v) is 8.17. The second kappa shape index (κ2) is 8.53. The van der Waals surface area contributed by atoms with Crippen molar-refractivity contribution in [3.63, 3.8) is 0 Å². The van der Waals surface area contributed by atoms with Crippen LogP contribution >= 0.6 is 0 Å². The molecule has 1 unspecified atom stereocenters. The van der Waals surface area contributed by atoms with Crippen LogP contribution in [0.15, 0.2) is 48.5 Å². The molecule has 152 valence electrons. The van der Waals surface area contributed by atoms with Gasteiger partial charge in [-0.1, -0.05) is 19.1 Å². The minimum absolute atomic E-state index is 0.0111. The molecule has 0 aromatic heterocycles. The second-order valence-electron chi connectivity index (χ2n) is 5.79. The number of rotatable bonds is 6. The third-order valence-electron chi connectivity index (χ3n) is 3.73. The molecule has 3 nitrogen and oxygen atoms in total. The van der Waals surface area contributed by atoms with Crippen molar-refractivity contribution in [1.82, 2.24) is 0 Å². The van der Waals surface area contributed by atoms with Gasteiger partial charge in [0, 0.05) is 6.42 Å². The molecule has 0 aliphatic carbocycles. The molecule has 0 spiro atoms. The van der Waals surface area contributed by atoms with Gasteiger partial charge in [-0.05, 0) is 42.0 Å². The largest absolute Gasteiger partial charge is 0.482 e. The number of alkyl halides is 6. The Hall–Kier alpha value is -2.71. The SMILES string of the molecule is CCC(=O)OCC(Oc1ccc(C(F)(F)F)cc1)c1cccc(C(F)(F)F)c1. The molecule has 0 N–H and O–H groups in total. The van der Waals surface area contributed by atoms with E-state index in [1.54, 1.807) is 6.92 Å². The Kier molecular flexibility index (Phi) is 6.58. The van der Waals surface area contributed by atoms with E-state index in [0.717, 1.165) is 36.4 Å². The van der Waals surface area contributed by atoms with Gasteiger partial charge >= 0.3 is 18.3 Å². The number of ether oxygens (including phenoxy) is 2. The smallest absolute Gasteiger partial charge is 0.416 e. The molecule has 0 bridgehead atoms. The molecule has 0 amide bonds. The lowest BCUT2D eigenvalue weighted by Gasteiger charge is -2.21. The van der Waals surface area contributed by atoms with Crippen molar-refractivity contribution in [1.29, 1.82) is 0 Å². The van der Waals surface area contributed by atoms with Gasteiger partial charge in [0.2, 0.25) is 0 Å². The summed E-state index contributed by atoms with van der Waals surface area (Å²) in [6.45, 7) is 1.15. The van der Waals surface area contributed by atoms with Crippen LogP contribution in [0.25, 0.3) is 0 Å². The minimum Gasteiger partial charge on any atom is -0.482 e. The highest BCUT2D eigenvalue weighted by atomic mass is 19.4. The normalized spacial score (nSPS) is 13.1. The summed E-state index contributed by atoms with van der Waals surface area (Å²) in [6, 6.07) is 7.90. The molecule has 0 radical (unpaired) electrons. The summed E-state index contributed by atoms with van der Waals surface area (Å²) in [5, 5.41) is 0. The first-order chi connectivity index (χ1) is 13.0. The maximum Gasteiger partial charge on any atom is 0.416 e. The molecule has 0 heterocycles. The highest BCUT2D eigenvalue weighted by Gasteiger charge is 2.32. The maximum absolute atomic E-state index is 13.0. The Morgan fingerprint density at radius 3 is 2.07 bits per heavy atom. The summed E-state index contributed by atoms with van der Waals surface area (Å²) < 4.78 is 87.3. The Morgan fingerprint density at radius 2 is 1.54 bits per heavy atom. The van der Waals surface area contributed by atoms with Gasteiger partial charge in [0.25, 0.3) is 0 Å². The van der Waals surface area contributed by atoms with Crippen LogP contribution in [0.3, 0.4) is 0 Å². The van der Waals surface area contributed by atoms with E-state index in [4.69, 9.17) is 9.47 Å². The van der Waals surface area contributed by atoms with E-state index < -0.39 is 42.2 Å². The standard InChI is InChI=1S/C19H16F6O3/c1-2-17(26)27-11-16(12-4-3-5-14(10-12)19(23,24)25)28-15-8-6-13(7-9-15)18(20,21)22/h3-10,16H,2,11H2,1H3. The zero-order valence-corrected chi connectivity index (χ0v) is 14.6. The maximum atomic E-state index is 13.0. The molecule has 0 aliphatic heterocycles. The number of esters is 1. The van der Waals surface area contributed by atoms with Crippen LogP contribution in [0.1, 0.15) is 36.1 Å². The quantitative estimate of drug-likeness (QED) is 0.450. The second-order valence-corrected chi connectivity index (χ2v) is 5.79. The van der Waals surface area contributed by atoms with Crippen molar-refractivity contribution >= 4 is 5.97 Å². The lowest BCUT2D eigenvalue weighted by molar-refractivity contribution is -0.146. The first-order valence-electron chi connectivity index (χ1n) is 8.17. The monoisotopic (exact) mass is 406 g/mol. The number of carbonyl (C=O) groups excluding carboxylic acids is 1. The van der Waals surface area contributed by atoms with Crippen molar-refractivity contribution in [2.75, 3.05) is 6.61 Å².